The van der Waals surface area contributed by atoms with Crippen molar-refractivity contribution in [3.8, 4) is 0 Å². The van der Waals surface area contributed by atoms with Gasteiger partial charge >= 0.3 is 0 Å². The van der Waals surface area contributed by atoms with Gasteiger partial charge in [-0.05, 0) is 6.07 Å². The van der Waals surface area contributed by atoms with Crippen LogP contribution in [-0.2, 0) is 4.74 Å². The standard InChI is InChI=1S/C9H9NO/c1-2-8-9(11-8)7-4-3-5-10-6-7/h2-6,8-9H,1H2/t8-,9-/m0/s1. The van der Waals surface area contributed by atoms with Crippen molar-refractivity contribution in [2.45, 2.75) is 12.2 Å². The monoisotopic (exact) mass is 147 g/mol. The lowest BCUT2D eigenvalue weighted by atomic mass is 10.2. The Morgan fingerprint density at radius 3 is 3.09 bits per heavy atom. The van der Waals surface area contributed by atoms with Crippen molar-refractivity contribution in [3.05, 3.63) is 42.7 Å². The summed E-state index contributed by atoms with van der Waals surface area (Å²) < 4.78 is 5.29. The molecule has 2 rings (SSSR count). The SMILES string of the molecule is C=C[C@@H]1O[C@H]1c1cccnc1. The van der Waals surface area contributed by atoms with Crippen molar-refractivity contribution in [2.75, 3.05) is 0 Å². The molecular formula is C9H9NO. The van der Waals surface area contributed by atoms with Gasteiger partial charge in [-0.15, -0.1) is 6.58 Å². The van der Waals surface area contributed by atoms with Gasteiger partial charge < -0.3 is 4.74 Å². The minimum Gasteiger partial charge on any atom is -0.360 e. The minimum atomic E-state index is 0.208. The molecule has 2 heterocycles. The summed E-state index contributed by atoms with van der Waals surface area (Å²) in [7, 11) is 0. The zero-order valence-corrected chi connectivity index (χ0v) is 6.10. The fraction of sp³-hybridized carbons (Fsp3) is 0.222. The first-order valence-corrected chi connectivity index (χ1v) is 3.60. The highest BCUT2D eigenvalue weighted by Gasteiger charge is 2.37. The average Bonchev–Trinajstić information content (AvgIpc) is 2.85. The predicted molar refractivity (Wildman–Crippen MR) is 42.0 cm³/mol. The summed E-state index contributed by atoms with van der Waals surface area (Å²) in [6, 6.07) is 3.93. The molecule has 1 fully saturated rings. The average molecular weight is 147 g/mol. The Labute approximate surface area is 65.5 Å². The van der Waals surface area contributed by atoms with E-state index in [-0.39, 0.29) is 12.2 Å². The molecule has 0 bridgehead atoms. The van der Waals surface area contributed by atoms with E-state index in [0.29, 0.717) is 0 Å². The normalized spacial score (nSPS) is 28.0. The van der Waals surface area contributed by atoms with Crippen molar-refractivity contribution in [2.24, 2.45) is 0 Å². The number of epoxide rings is 1. The van der Waals surface area contributed by atoms with Gasteiger partial charge in [-0.2, -0.15) is 0 Å². The lowest BCUT2D eigenvalue weighted by molar-refractivity contribution is 0.394. The summed E-state index contributed by atoms with van der Waals surface area (Å²) in [6.07, 6.45) is 5.82. The Balaban J connectivity index is 2.14. The minimum absolute atomic E-state index is 0.208. The van der Waals surface area contributed by atoms with Gasteiger partial charge in [-0.1, -0.05) is 12.1 Å². The summed E-state index contributed by atoms with van der Waals surface area (Å²) in [6.45, 7) is 3.65. The lowest BCUT2D eigenvalue weighted by Gasteiger charge is -1.90. The predicted octanol–water partition coefficient (Wildman–Crippen LogP) is 1.71. The Morgan fingerprint density at radius 1 is 1.64 bits per heavy atom. The molecule has 0 N–H and O–H groups in total. The fourth-order valence-corrected chi connectivity index (χ4v) is 1.12. The summed E-state index contributed by atoms with van der Waals surface area (Å²) in [5.41, 5.74) is 1.14. The van der Waals surface area contributed by atoms with E-state index in [9.17, 15) is 0 Å². The van der Waals surface area contributed by atoms with Crippen LogP contribution in [0, 0.1) is 0 Å². The van der Waals surface area contributed by atoms with Crippen LogP contribution in [-0.4, -0.2) is 11.1 Å². The third kappa shape index (κ3) is 1.17. The van der Waals surface area contributed by atoms with E-state index in [1.54, 1.807) is 6.20 Å². The quantitative estimate of drug-likeness (QED) is 0.470. The molecule has 0 amide bonds. The van der Waals surface area contributed by atoms with Crippen molar-refractivity contribution < 1.29 is 4.74 Å². The third-order valence-corrected chi connectivity index (χ3v) is 1.77. The van der Waals surface area contributed by atoms with Crippen LogP contribution in [0.4, 0.5) is 0 Å². The second-order valence-corrected chi connectivity index (χ2v) is 2.54. The molecule has 11 heavy (non-hydrogen) atoms. The second kappa shape index (κ2) is 2.47. The Kier molecular flexibility index (Phi) is 1.47. The van der Waals surface area contributed by atoms with Gasteiger partial charge in [0.15, 0.2) is 0 Å². The Bertz CT molecular complexity index is 258. The number of pyridine rings is 1. The third-order valence-electron chi connectivity index (χ3n) is 1.77. The van der Waals surface area contributed by atoms with E-state index in [2.05, 4.69) is 11.6 Å². The Hall–Kier alpha value is -1.15. The fourth-order valence-electron chi connectivity index (χ4n) is 1.12. The van der Waals surface area contributed by atoms with Crippen LogP contribution in [0.2, 0.25) is 0 Å². The maximum atomic E-state index is 5.29. The zero-order valence-electron chi connectivity index (χ0n) is 6.10. The van der Waals surface area contributed by atoms with Crippen molar-refractivity contribution in [1.82, 2.24) is 4.98 Å². The Morgan fingerprint density at radius 2 is 2.55 bits per heavy atom. The number of rotatable bonds is 2. The highest BCUT2D eigenvalue weighted by Crippen LogP contribution is 2.38. The van der Waals surface area contributed by atoms with Crippen LogP contribution in [0.1, 0.15) is 11.7 Å². The van der Waals surface area contributed by atoms with E-state index in [0.717, 1.165) is 5.56 Å². The highest BCUT2D eigenvalue weighted by molar-refractivity contribution is 5.20. The van der Waals surface area contributed by atoms with Gasteiger partial charge in [-0.25, -0.2) is 0 Å². The highest BCUT2D eigenvalue weighted by atomic mass is 16.6. The van der Waals surface area contributed by atoms with E-state index in [1.807, 2.05) is 24.4 Å². The van der Waals surface area contributed by atoms with E-state index in [1.165, 1.54) is 0 Å². The van der Waals surface area contributed by atoms with Crippen LogP contribution < -0.4 is 0 Å². The number of hydrogen-bond donors (Lipinski definition) is 0. The molecule has 0 radical (unpaired) electrons. The molecule has 56 valence electrons. The van der Waals surface area contributed by atoms with Crippen LogP contribution in [0.15, 0.2) is 37.2 Å². The molecule has 0 unspecified atom stereocenters. The molecular weight excluding hydrogens is 138 g/mol. The van der Waals surface area contributed by atoms with Gasteiger partial charge in [0, 0.05) is 18.0 Å². The molecule has 2 nitrogen and oxygen atoms in total. The molecule has 2 heteroatoms. The zero-order chi connectivity index (χ0) is 7.68. The smallest absolute Gasteiger partial charge is 0.115 e. The maximum absolute atomic E-state index is 5.29. The molecule has 1 saturated heterocycles. The molecule has 1 aliphatic heterocycles. The molecule has 0 aliphatic carbocycles. The second-order valence-electron chi connectivity index (χ2n) is 2.54. The van der Waals surface area contributed by atoms with Crippen molar-refractivity contribution >= 4 is 0 Å². The van der Waals surface area contributed by atoms with Crippen LogP contribution in [0.5, 0.6) is 0 Å². The molecule has 0 aromatic carbocycles. The first-order valence-electron chi connectivity index (χ1n) is 3.60. The molecule has 1 aromatic rings. The van der Waals surface area contributed by atoms with Crippen LogP contribution in [0.3, 0.4) is 0 Å². The van der Waals surface area contributed by atoms with Gasteiger partial charge in [0.25, 0.3) is 0 Å². The molecule has 0 spiro atoms. The van der Waals surface area contributed by atoms with E-state index < -0.39 is 0 Å². The van der Waals surface area contributed by atoms with Crippen molar-refractivity contribution in [1.29, 1.82) is 0 Å². The topological polar surface area (TPSA) is 25.4 Å². The van der Waals surface area contributed by atoms with Crippen molar-refractivity contribution in [3.63, 3.8) is 0 Å². The van der Waals surface area contributed by atoms with Gasteiger partial charge in [0.1, 0.15) is 12.2 Å². The van der Waals surface area contributed by atoms with Gasteiger partial charge in [0.2, 0.25) is 0 Å². The first-order chi connectivity index (χ1) is 5.42. The maximum Gasteiger partial charge on any atom is 0.115 e. The molecule has 1 aromatic heterocycles. The molecule has 2 atom stereocenters. The van der Waals surface area contributed by atoms with Crippen LogP contribution >= 0.6 is 0 Å². The number of nitrogens with zero attached hydrogens (tertiary/aromatic N) is 1. The summed E-state index contributed by atoms with van der Waals surface area (Å²) in [5.74, 6) is 0. The van der Waals surface area contributed by atoms with Crippen LogP contribution in [0.25, 0.3) is 0 Å². The summed E-state index contributed by atoms with van der Waals surface area (Å²) >= 11 is 0. The summed E-state index contributed by atoms with van der Waals surface area (Å²) in [5, 5.41) is 0. The number of hydrogen-bond acceptors (Lipinski definition) is 2. The number of aromatic nitrogens is 1. The summed E-state index contributed by atoms with van der Waals surface area (Å²) in [4.78, 5) is 4.00. The molecule has 1 aliphatic rings. The first kappa shape index (κ1) is 6.55. The largest absolute Gasteiger partial charge is 0.360 e. The van der Waals surface area contributed by atoms with Gasteiger partial charge in [0.05, 0.1) is 0 Å². The molecule has 0 saturated carbocycles. The van der Waals surface area contributed by atoms with E-state index >= 15 is 0 Å². The lowest BCUT2D eigenvalue weighted by Crippen LogP contribution is -1.84. The number of ether oxygens (including phenoxy) is 1. The van der Waals surface area contributed by atoms with E-state index in [4.69, 9.17) is 4.74 Å². The van der Waals surface area contributed by atoms with Gasteiger partial charge in [-0.3, -0.25) is 4.98 Å².